The summed E-state index contributed by atoms with van der Waals surface area (Å²) in [6, 6.07) is 19.6. The number of hydrazone groups is 1. The summed E-state index contributed by atoms with van der Waals surface area (Å²) in [5, 5.41) is 11.2. The number of carbonyl (C=O) groups excluding carboxylic acids is 2. The molecule has 0 radical (unpaired) electrons. The lowest BCUT2D eigenvalue weighted by Gasteiger charge is -2.30. The third-order valence-electron chi connectivity index (χ3n) is 6.55. The van der Waals surface area contributed by atoms with E-state index in [1.54, 1.807) is 38.1 Å². The van der Waals surface area contributed by atoms with E-state index in [1.165, 1.54) is 6.21 Å². The number of hydrogen-bond donors (Lipinski definition) is 3. The average molecular weight is 633 g/mol. The topological polar surface area (TPSA) is 110 Å². The number of hydrogen-bond acceptors (Lipinski definition) is 7. The Balaban J connectivity index is 1.39. The summed E-state index contributed by atoms with van der Waals surface area (Å²) < 4.78 is 17.1. The van der Waals surface area contributed by atoms with Gasteiger partial charge in [0.1, 0.15) is 18.1 Å². The number of nitrogens with one attached hydrogen (secondary N) is 3. The van der Waals surface area contributed by atoms with Gasteiger partial charge in [-0.25, -0.2) is 10.2 Å². The standard InChI is InChI=1S/C33H33ClN4O5S/c1-4-10-23-17-22(15-16-27(23)42-19-24-11-6-8-13-26(24)34)18-35-38-29(39)20-43-28-14-9-7-12-25(28)31-30(32(40)41-5-2)21(3)36-33(44)37-31/h4,6-9,11-18,31H,1,5,10,19-20H2,2-3H3,(H,38,39)(H2,36,37,44)/t31-/m1/s1. The fourth-order valence-electron chi connectivity index (χ4n) is 4.52. The highest BCUT2D eigenvalue weighted by atomic mass is 35.5. The van der Waals surface area contributed by atoms with Gasteiger partial charge < -0.3 is 24.8 Å². The van der Waals surface area contributed by atoms with Crippen LogP contribution >= 0.6 is 23.8 Å². The Morgan fingerprint density at radius 1 is 1.07 bits per heavy atom. The number of carbonyl (C=O) groups is 2. The van der Waals surface area contributed by atoms with Crippen molar-refractivity contribution >= 4 is 47.0 Å². The highest BCUT2D eigenvalue weighted by Crippen LogP contribution is 2.33. The molecule has 3 N–H and O–H groups in total. The Morgan fingerprint density at radius 2 is 1.84 bits per heavy atom. The largest absolute Gasteiger partial charge is 0.489 e. The number of thiocarbonyl (C=S) groups is 1. The van der Waals surface area contributed by atoms with Gasteiger partial charge in [-0.05, 0) is 73.9 Å². The van der Waals surface area contributed by atoms with Gasteiger partial charge in [-0.1, -0.05) is 54.1 Å². The highest BCUT2D eigenvalue weighted by Gasteiger charge is 2.32. The van der Waals surface area contributed by atoms with Gasteiger partial charge in [0.15, 0.2) is 11.7 Å². The molecule has 228 valence electrons. The maximum atomic E-state index is 12.8. The molecule has 1 amide bonds. The van der Waals surface area contributed by atoms with E-state index in [2.05, 4.69) is 27.7 Å². The molecule has 0 saturated carbocycles. The number of halogens is 1. The lowest BCUT2D eigenvalue weighted by Crippen LogP contribution is -2.45. The maximum Gasteiger partial charge on any atom is 0.338 e. The number of benzene rings is 3. The van der Waals surface area contributed by atoms with E-state index in [-0.39, 0.29) is 13.2 Å². The summed E-state index contributed by atoms with van der Waals surface area (Å²) in [6.07, 6.45) is 3.91. The van der Waals surface area contributed by atoms with Gasteiger partial charge in [0.05, 0.1) is 24.4 Å². The van der Waals surface area contributed by atoms with E-state index < -0.39 is 17.9 Å². The zero-order chi connectivity index (χ0) is 31.5. The van der Waals surface area contributed by atoms with Crippen molar-refractivity contribution in [3.63, 3.8) is 0 Å². The smallest absolute Gasteiger partial charge is 0.338 e. The summed E-state index contributed by atoms with van der Waals surface area (Å²) in [5.74, 6) is 0.173. The van der Waals surface area contributed by atoms with Crippen LogP contribution in [-0.2, 0) is 27.4 Å². The van der Waals surface area contributed by atoms with Crippen LogP contribution in [0.15, 0.2) is 95.8 Å². The predicted octanol–water partition coefficient (Wildman–Crippen LogP) is 5.53. The van der Waals surface area contributed by atoms with E-state index in [4.69, 9.17) is 38.0 Å². The van der Waals surface area contributed by atoms with Gasteiger partial charge >= 0.3 is 5.97 Å². The molecule has 0 aliphatic carbocycles. The summed E-state index contributed by atoms with van der Waals surface area (Å²) in [5.41, 5.74) is 6.64. The van der Waals surface area contributed by atoms with Crippen molar-refractivity contribution in [2.45, 2.75) is 32.9 Å². The van der Waals surface area contributed by atoms with Gasteiger partial charge in [-0.15, -0.1) is 6.58 Å². The first-order valence-corrected chi connectivity index (χ1v) is 14.7. The van der Waals surface area contributed by atoms with Gasteiger partial charge in [-0.2, -0.15) is 5.10 Å². The molecule has 1 aliphatic heterocycles. The van der Waals surface area contributed by atoms with E-state index in [0.29, 0.717) is 51.5 Å². The van der Waals surface area contributed by atoms with Crippen LogP contribution < -0.4 is 25.5 Å². The van der Waals surface area contributed by atoms with Crippen LogP contribution in [0.3, 0.4) is 0 Å². The molecule has 1 atom stereocenters. The van der Waals surface area contributed by atoms with Crippen molar-refractivity contribution < 1.29 is 23.8 Å². The zero-order valence-corrected chi connectivity index (χ0v) is 26.0. The average Bonchev–Trinajstić information content (AvgIpc) is 3.00. The molecule has 44 heavy (non-hydrogen) atoms. The van der Waals surface area contributed by atoms with Crippen molar-refractivity contribution in [3.8, 4) is 11.5 Å². The molecule has 0 bridgehead atoms. The van der Waals surface area contributed by atoms with E-state index in [9.17, 15) is 9.59 Å². The normalized spacial score (nSPS) is 14.4. The van der Waals surface area contributed by atoms with Crippen molar-refractivity contribution in [2.75, 3.05) is 13.2 Å². The van der Waals surface area contributed by atoms with Crippen LogP contribution in [0, 0.1) is 0 Å². The number of ether oxygens (including phenoxy) is 3. The van der Waals surface area contributed by atoms with Crippen LogP contribution in [0.1, 0.15) is 42.1 Å². The van der Waals surface area contributed by atoms with Crippen molar-refractivity contribution in [1.29, 1.82) is 0 Å². The number of para-hydroxylation sites is 1. The molecule has 0 fully saturated rings. The second kappa shape index (κ2) is 15.7. The molecule has 4 rings (SSSR count). The number of rotatable bonds is 13. The number of allylic oxidation sites excluding steroid dienone is 2. The highest BCUT2D eigenvalue weighted by molar-refractivity contribution is 7.80. The van der Waals surface area contributed by atoms with E-state index in [0.717, 1.165) is 16.7 Å². The van der Waals surface area contributed by atoms with Crippen LogP contribution in [0.2, 0.25) is 5.02 Å². The Labute approximate surface area is 266 Å². The van der Waals surface area contributed by atoms with Crippen molar-refractivity contribution in [2.24, 2.45) is 5.10 Å². The molecule has 0 unspecified atom stereocenters. The summed E-state index contributed by atoms with van der Waals surface area (Å²) in [4.78, 5) is 25.4. The Morgan fingerprint density at radius 3 is 2.61 bits per heavy atom. The minimum absolute atomic E-state index is 0.225. The first-order chi connectivity index (χ1) is 21.3. The fourth-order valence-corrected chi connectivity index (χ4v) is 4.98. The summed E-state index contributed by atoms with van der Waals surface area (Å²) >= 11 is 11.6. The van der Waals surface area contributed by atoms with E-state index >= 15 is 0 Å². The molecule has 0 aromatic heterocycles. The molecule has 0 saturated heterocycles. The third-order valence-corrected chi connectivity index (χ3v) is 7.13. The minimum Gasteiger partial charge on any atom is -0.489 e. The molecule has 3 aromatic rings. The SMILES string of the molecule is C=CCc1cc(C=NNC(=O)COc2ccccc2[C@H]2NC(=S)NC(C)=C2C(=O)OCC)ccc1OCc1ccccc1Cl. The summed E-state index contributed by atoms with van der Waals surface area (Å²) in [7, 11) is 0. The number of amides is 1. The first-order valence-electron chi connectivity index (χ1n) is 13.9. The van der Waals surface area contributed by atoms with Gasteiger partial charge in [-0.3, -0.25) is 4.79 Å². The number of esters is 1. The minimum atomic E-state index is -0.624. The quantitative estimate of drug-likeness (QED) is 0.0742. The molecule has 1 heterocycles. The fraction of sp³-hybridized carbons (Fsp3) is 0.212. The van der Waals surface area contributed by atoms with Gasteiger partial charge in [0.25, 0.3) is 5.91 Å². The first kappa shape index (κ1) is 32.2. The Bertz CT molecular complexity index is 1610. The Hall–Kier alpha value is -4.67. The van der Waals surface area contributed by atoms with Crippen LogP contribution in [0.5, 0.6) is 11.5 Å². The molecule has 0 spiro atoms. The monoisotopic (exact) mass is 632 g/mol. The molecule has 9 nitrogen and oxygen atoms in total. The van der Waals surface area contributed by atoms with Gasteiger partial charge in [0, 0.05) is 21.8 Å². The third kappa shape index (κ3) is 8.46. The second-order valence-corrected chi connectivity index (χ2v) is 10.5. The predicted molar refractivity (Wildman–Crippen MR) is 175 cm³/mol. The second-order valence-electron chi connectivity index (χ2n) is 9.65. The van der Waals surface area contributed by atoms with Crippen molar-refractivity contribution in [3.05, 3.63) is 118 Å². The molecule has 1 aliphatic rings. The van der Waals surface area contributed by atoms with Gasteiger partial charge in [0.2, 0.25) is 0 Å². The van der Waals surface area contributed by atoms with Crippen molar-refractivity contribution in [1.82, 2.24) is 16.1 Å². The molecule has 11 heteroatoms. The van der Waals surface area contributed by atoms with Crippen LogP contribution in [0.25, 0.3) is 0 Å². The zero-order valence-electron chi connectivity index (χ0n) is 24.4. The van der Waals surface area contributed by atoms with E-state index in [1.807, 2.05) is 48.5 Å². The number of nitrogens with zero attached hydrogens (tertiary/aromatic N) is 1. The Kier molecular flexibility index (Phi) is 11.5. The maximum absolute atomic E-state index is 12.8. The summed E-state index contributed by atoms with van der Waals surface area (Å²) in [6.45, 7) is 7.57. The van der Waals surface area contributed by atoms with Crippen LogP contribution in [-0.4, -0.2) is 36.4 Å². The lowest BCUT2D eigenvalue weighted by atomic mass is 9.95. The molecule has 3 aromatic carbocycles. The van der Waals surface area contributed by atoms with Crippen LogP contribution in [0.4, 0.5) is 0 Å². The lowest BCUT2D eigenvalue weighted by molar-refractivity contribution is -0.139. The molecular weight excluding hydrogens is 600 g/mol. The molecular formula is C33H33ClN4O5S.